The van der Waals surface area contributed by atoms with Gasteiger partial charge >= 0.3 is 0 Å². The summed E-state index contributed by atoms with van der Waals surface area (Å²) in [6, 6.07) is 13.3. The van der Waals surface area contributed by atoms with Gasteiger partial charge in [0.15, 0.2) is 5.78 Å². The van der Waals surface area contributed by atoms with E-state index in [0.717, 1.165) is 22.3 Å². The van der Waals surface area contributed by atoms with Crippen LogP contribution in [0, 0.1) is 6.92 Å². The molecule has 1 aromatic heterocycles. The van der Waals surface area contributed by atoms with Crippen LogP contribution in [-0.2, 0) is 4.79 Å². The fourth-order valence-electron chi connectivity index (χ4n) is 3.54. The summed E-state index contributed by atoms with van der Waals surface area (Å²) in [5, 5.41) is 0.605. The third kappa shape index (κ3) is 2.39. The maximum atomic E-state index is 13.2. The number of para-hydroxylation sites is 2. The van der Waals surface area contributed by atoms with Gasteiger partial charge in [0.2, 0.25) is 0 Å². The first-order valence-electron chi connectivity index (χ1n) is 8.36. The monoisotopic (exact) mass is 366 g/mol. The zero-order chi connectivity index (χ0) is 18.6. The first kappa shape index (κ1) is 16.7. The van der Waals surface area contributed by atoms with Crippen LogP contribution in [0.3, 0.4) is 0 Å². The number of anilines is 1. The van der Waals surface area contributed by atoms with Crippen molar-refractivity contribution in [1.29, 1.82) is 0 Å². The van der Waals surface area contributed by atoms with Crippen molar-refractivity contribution in [3.63, 3.8) is 0 Å². The van der Waals surface area contributed by atoms with Gasteiger partial charge in [-0.1, -0.05) is 23.7 Å². The van der Waals surface area contributed by atoms with Gasteiger partial charge in [0, 0.05) is 10.7 Å². The fourth-order valence-corrected chi connectivity index (χ4v) is 3.83. The number of aromatic amines is 1. The Morgan fingerprint density at radius 2 is 1.92 bits per heavy atom. The van der Waals surface area contributed by atoms with Crippen LogP contribution in [0.1, 0.15) is 25.2 Å². The number of halogens is 1. The van der Waals surface area contributed by atoms with Crippen LogP contribution in [0.4, 0.5) is 5.69 Å². The third-order valence-corrected chi connectivity index (χ3v) is 4.97. The van der Waals surface area contributed by atoms with Crippen LogP contribution in [0.25, 0.3) is 16.6 Å². The van der Waals surface area contributed by atoms with Crippen LogP contribution in [0.15, 0.2) is 48.3 Å². The molecule has 3 N–H and O–H groups in total. The topological polar surface area (TPSA) is 75.0 Å². The van der Waals surface area contributed by atoms with Crippen molar-refractivity contribution in [3.05, 3.63) is 64.7 Å². The average molecular weight is 367 g/mol. The minimum absolute atomic E-state index is 0.0771. The normalized spacial score (nSPS) is 16.8. The molecule has 1 aliphatic rings. The van der Waals surface area contributed by atoms with E-state index in [4.69, 9.17) is 17.3 Å². The highest BCUT2D eigenvalue weighted by Gasteiger charge is 2.47. The number of fused-ring (bicyclic) bond motifs is 1. The molecule has 4 rings (SSSR count). The second-order valence-electron chi connectivity index (χ2n) is 7.07. The molecular weight excluding hydrogens is 348 g/mol. The van der Waals surface area contributed by atoms with Gasteiger partial charge in [-0.05, 0) is 56.7 Å². The highest BCUT2D eigenvalue weighted by atomic mass is 35.5. The molecule has 0 spiro atoms. The molecule has 3 aromatic rings. The number of carbonyl (C=O) groups excluding carboxylic acids is 1. The van der Waals surface area contributed by atoms with Crippen LogP contribution in [0.2, 0.25) is 5.02 Å². The predicted molar refractivity (Wildman–Crippen MR) is 105 cm³/mol. The molecule has 1 aliphatic heterocycles. The molecule has 0 atom stereocenters. The standard InChI is InChI=1S/C20H19ClN4O/c1-11-8-12(21)10-13(9-11)25-18(22)16(17(26)20(25,2)3)19-23-14-6-4-5-7-15(14)24-19/h4-10H,22H2,1-3H3,(H,23,24). The SMILES string of the molecule is Cc1cc(Cl)cc(N2C(N)=C(c3nc4ccccc4[nH]3)C(=O)C2(C)C)c1. The van der Waals surface area contributed by atoms with Crippen molar-refractivity contribution in [3.8, 4) is 0 Å². The Hall–Kier alpha value is -2.79. The van der Waals surface area contributed by atoms with E-state index in [1.54, 1.807) is 0 Å². The lowest BCUT2D eigenvalue weighted by Crippen LogP contribution is -2.45. The maximum Gasteiger partial charge on any atom is 0.195 e. The van der Waals surface area contributed by atoms with Gasteiger partial charge in [-0.15, -0.1) is 0 Å². The molecule has 0 unspecified atom stereocenters. The number of carbonyl (C=O) groups is 1. The number of Topliss-reactive ketones (excluding diaryl/α,β-unsaturated/α-hetero) is 1. The lowest BCUT2D eigenvalue weighted by atomic mass is 9.95. The number of benzene rings is 2. The minimum atomic E-state index is -0.838. The Morgan fingerprint density at radius 3 is 2.62 bits per heavy atom. The van der Waals surface area contributed by atoms with Crippen molar-refractivity contribution in [2.75, 3.05) is 4.90 Å². The van der Waals surface area contributed by atoms with E-state index in [2.05, 4.69) is 9.97 Å². The molecule has 2 heterocycles. The van der Waals surface area contributed by atoms with Crippen molar-refractivity contribution < 1.29 is 4.79 Å². The molecule has 6 heteroatoms. The number of H-pyrrole nitrogens is 1. The Balaban J connectivity index is 1.91. The van der Waals surface area contributed by atoms with E-state index in [-0.39, 0.29) is 5.78 Å². The summed E-state index contributed by atoms with van der Waals surface area (Å²) in [4.78, 5) is 22.8. The van der Waals surface area contributed by atoms with E-state index in [9.17, 15) is 4.79 Å². The first-order valence-corrected chi connectivity index (χ1v) is 8.74. The highest BCUT2D eigenvalue weighted by molar-refractivity contribution is 6.31. The van der Waals surface area contributed by atoms with E-state index in [0.29, 0.717) is 22.2 Å². The lowest BCUT2D eigenvalue weighted by Gasteiger charge is -2.33. The first-order chi connectivity index (χ1) is 12.3. The molecule has 0 fully saturated rings. The lowest BCUT2D eigenvalue weighted by molar-refractivity contribution is -0.116. The molecule has 0 bridgehead atoms. The van der Waals surface area contributed by atoms with E-state index < -0.39 is 5.54 Å². The smallest absolute Gasteiger partial charge is 0.195 e. The van der Waals surface area contributed by atoms with Crippen LogP contribution < -0.4 is 10.6 Å². The van der Waals surface area contributed by atoms with Crippen LogP contribution in [0.5, 0.6) is 0 Å². The number of rotatable bonds is 2. The Morgan fingerprint density at radius 1 is 1.19 bits per heavy atom. The Labute approximate surface area is 156 Å². The molecule has 5 nitrogen and oxygen atoms in total. The molecule has 0 amide bonds. The van der Waals surface area contributed by atoms with Crippen LogP contribution in [-0.4, -0.2) is 21.3 Å². The summed E-state index contributed by atoms with van der Waals surface area (Å²) in [5.74, 6) is 0.787. The number of ketones is 1. The zero-order valence-corrected chi connectivity index (χ0v) is 15.6. The van der Waals surface area contributed by atoms with E-state index >= 15 is 0 Å². The van der Waals surface area contributed by atoms with Gasteiger partial charge in [-0.3, -0.25) is 4.79 Å². The summed E-state index contributed by atoms with van der Waals surface area (Å²) in [5.41, 5.74) is 9.48. The summed E-state index contributed by atoms with van der Waals surface area (Å²) in [6.45, 7) is 5.67. The number of nitrogens with one attached hydrogen (secondary N) is 1. The van der Waals surface area contributed by atoms with Crippen molar-refractivity contribution in [2.24, 2.45) is 5.73 Å². The molecule has 0 radical (unpaired) electrons. The van der Waals surface area contributed by atoms with E-state index in [1.807, 2.05) is 68.1 Å². The number of hydrogen-bond acceptors (Lipinski definition) is 4. The van der Waals surface area contributed by atoms with Crippen molar-refractivity contribution in [1.82, 2.24) is 9.97 Å². The second kappa shape index (κ2) is 5.61. The van der Waals surface area contributed by atoms with Gasteiger partial charge in [0.05, 0.1) is 11.0 Å². The van der Waals surface area contributed by atoms with Gasteiger partial charge in [0.25, 0.3) is 0 Å². The summed E-state index contributed by atoms with van der Waals surface area (Å²) < 4.78 is 0. The number of hydrogen-bond donors (Lipinski definition) is 2. The predicted octanol–water partition coefficient (Wildman–Crippen LogP) is 4.02. The summed E-state index contributed by atoms with van der Waals surface area (Å²) >= 11 is 6.23. The van der Waals surface area contributed by atoms with Gasteiger partial charge in [-0.25, -0.2) is 4.98 Å². The molecule has 26 heavy (non-hydrogen) atoms. The van der Waals surface area contributed by atoms with Crippen molar-refractivity contribution >= 4 is 39.7 Å². The van der Waals surface area contributed by atoms with Crippen molar-refractivity contribution in [2.45, 2.75) is 26.3 Å². The Kier molecular flexibility index (Phi) is 3.59. The fraction of sp³-hybridized carbons (Fsp3) is 0.200. The minimum Gasteiger partial charge on any atom is -0.384 e. The largest absolute Gasteiger partial charge is 0.384 e. The number of nitrogens with two attached hydrogens (primary N) is 1. The molecule has 0 saturated heterocycles. The Bertz CT molecular complexity index is 1030. The number of imidazole rings is 1. The highest BCUT2D eigenvalue weighted by Crippen LogP contribution is 2.40. The average Bonchev–Trinajstić information content (AvgIpc) is 3.03. The third-order valence-electron chi connectivity index (χ3n) is 4.75. The molecule has 0 saturated carbocycles. The maximum absolute atomic E-state index is 13.2. The van der Waals surface area contributed by atoms with Gasteiger partial charge in [-0.2, -0.15) is 0 Å². The molecule has 2 aromatic carbocycles. The second-order valence-corrected chi connectivity index (χ2v) is 7.51. The van der Waals surface area contributed by atoms with Gasteiger partial charge in [0.1, 0.15) is 22.8 Å². The summed E-state index contributed by atoms with van der Waals surface area (Å²) in [6.07, 6.45) is 0. The van der Waals surface area contributed by atoms with E-state index in [1.165, 1.54) is 0 Å². The molecular formula is C20H19ClN4O. The van der Waals surface area contributed by atoms with Gasteiger partial charge < -0.3 is 15.6 Å². The quantitative estimate of drug-likeness (QED) is 0.718. The van der Waals surface area contributed by atoms with Crippen LogP contribution >= 0.6 is 11.6 Å². The molecule has 132 valence electrons. The zero-order valence-electron chi connectivity index (χ0n) is 14.8. The summed E-state index contributed by atoms with van der Waals surface area (Å²) in [7, 11) is 0. The molecule has 0 aliphatic carbocycles. The number of aryl methyl sites for hydroxylation is 1. The number of nitrogens with zero attached hydrogens (tertiary/aromatic N) is 2. The number of aromatic nitrogens is 2.